The number of hydrogen-bond donors (Lipinski definition) is 1. The second kappa shape index (κ2) is 7.42. The lowest BCUT2D eigenvalue weighted by atomic mass is 10.1. The number of carbonyl (C=O) groups excluding carboxylic acids is 1. The minimum absolute atomic E-state index is 0.183. The largest absolute Gasteiger partial charge is 0.489 e. The van der Waals surface area contributed by atoms with Crippen LogP contribution in [0.4, 0.5) is 24.5 Å². The second-order valence-corrected chi connectivity index (χ2v) is 8.46. The Morgan fingerprint density at radius 3 is 2.55 bits per heavy atom. The third-order valence-electron chi connectivity index (χ3n) is 4.33. The molecule has 0 radical (unpaired) electrons. The highest BCUT2D eigenvalue weighted by Crippen LogP contribution is 2.38. The average Bonchev–Trinajstić information content (AvgIpc) is 2.61. The van der Waals surface area contributed by atoms with E-state index in [1.807, 2.05) is 0 Å². The number of hydrogen-bond acceptors (Lipinski definition) is 4. The van der Waals surface area contributed by atoms with Gasteiger partial charge in [-0.25, -0.2) is 8.42 Å². The van der Waals surface area contributed by atoms with Crippen LogP contribution in [0.3, 0.4) is 0 Å². The van der Waals surface area contributed by atoms with Crippen LogP contribution < -0.4 is 14.4 Å². The number of sulfonamides is 1. The van der Waals surface area contributed by atoms with Crippen LogP contribution in [0.15, 0.2) is 35.2 Å². The SMILES string of the molecule is CC(=O)N1CCOc2cc(S(=O)(=O)Nc3cc(C(F)(F)F)ccc3Cl)c(C)cc21. The molecule has 6 nitrogen and oxygen atoms in total. The maximum Gasteiger partial charge on any atom is 0.416 e. The first-order chi connectivity index (χ1) is 13.4. The number of halogens is 4. The Hall–Kier alpha value is -2.46. The van der Waals surface area contributed by atoms with Crippen LogP contribution in [-0.2, 0) is 21.0 Å². The van der Waals surface area contributed by atoms with Crippen molar-refractivity contribution in [3.05, 3.63) is 46.5 Å². The number of rotatable bonds is 3. The van der Waals surface area contributed by atoms with Crippen molar-refractivity contribution < 1.29 is 31.1 Å². The average molecular weight is 449 g/mol. The number of nitrogens with one attached hydrogen (secondary N) is 1. The number of aryl methyl sites for hydroxylation is 1. The molecule has 1 N–H and O–H groups in total. The van der Waals surface area contributed by atoms with E-state index >= 15 is 0 Å². The lowest BCUT2D eigenvalue weighted by Crippen LogP contribution is -2.36. The van der Waals surface area contributed by atoms with Crippen LogP contribution in [-0.4, -0.2) is 27.5 Å². The van der Waals surface area contributed by atoms with Gasteiger partial charge in [-0.3, -0.25) is 9.52 Å². The number of amides is 1. The maximum atomic E-state index is 12.9. The zero-order valence-corrected chi connectivity index (χ0v) is 16.9. The van der Waals surface area contributed by atoms with Crippen molar-refractivity contribution in [1.82, 2.24) is 0 Å². The molecular weight excluding hydrogens is 433 g/mol. The predicted molar refractivity (Wildman–Crippen MR) is 102 cm³/mol. The van der Waals surface area contributed by atoms with Crippen molar-refractivity contribution >= 4 is 38.9 Å². The normalized spacial score (nSPS) is 14.2. The molecule has 1 aliphatic rings. The van der Waals surface area contributed by atoms with Gasteiger partial charge in [-0.1, -0.05) is 11.6 Å². The van der Waals surface area contributed by atoms with Gasteiger partial charge in [0.1, 0.15) is 12.4 Å². The van der Waals surface area contributed by atoms with Crippen molar-refractivity contribution in [3.8, 4) is 5.75 Å². The van der Waals surface area contributed by atoms with Gasteiger partial charge in [0.05, 0.1) is 33.4 Å². The van der Waals surface area contributed by atoms with E-state index in [2.05, 4.69) is 4.72 Å². The van der Waals surface area contributed by atoms with Gasteiger partial charge in [0.25, 0.3) is 10.0 Å². The van der Waals surface area contributed by atoms with Crippen LogP contribution in [0, 0.1) is 6.92 Å². The van der Waals surface area contributed by atoms with E-state index in [9.17, 15) is 26.4 Å². The molecular formula is C18H16ClF3N2O4S. The lowest BCUT2D eigenvalue weighted by molar-refractivity contribution is -0.137. The first-order valence-electron chi connectivity index (χ1n) is 8.35. The van der Waals surface area contributed by atoms with Gasteiger partial charge < -0.3 is 9.64 Å². The fourth-order valence-electron chi connectivity index (χ4n) is 2.94. The summed E-state index contributed by atoms with van der Waals surface area (Å²) < 4.78 is 72.1. The van der Waals surface area contributed by atoms with Crippen molar-refractivity contribution in [2.45, 2.75) is 24.9 Å². The van der Waals surface area contributed by atoms with Crippen molar-refractivity contribution in [3.63, 3.8) is 0 Å². The Labute approximate surface area is 170 Å². The molecule has 0 saturated heterocycles. The quantitative estimate of drug-likeness (QED) is 0.763. The van der Waals surface area contributed by atoms with Gasteiger partial charge in [-0.05, 0) is 36.8 Å². The Kier molecular flexibility index (Phi) is 5.44. The summed E-state index contributed by atoms with van der Waals surface area (Å²) in [5.74, 6) is -0.0361. The molecule has 0 spiro atoms. The molecule has 2 aromatic carbocycles. The number of fused-ring (bicyclic) bond motifs is 1. The van der Waals surface area contributed by atoms with E-state index in [0.717, 1.165) is 12.1 Å². The molecule has 1 amide bonds. The van der Waals surface area contributed by atoms with Gasteiger partial charge >= 0.3 is 6.18 Å². The smallest absolute Gasteiger partial charge is 0.416 e. The van der Waals surface area contributed by atoms with Crippen LogP contribution in [0.1, 0.15) is 18.1 Å². The van der Waals surface area contributed by atoms with E-state index in [-0.39, 0.29) is 33.7 Å². The van der Waals surface area contributed by atoms with Crippen molar-refractivity contribution in [2.24, 2.45) is 0 Å². The van der Waals surface area contributed by atoms with Gasteiger partial charge in [-0.2, -0.15) is 13.2 Å². The number of ether oxygens (including phenoxy) is 1. The minimum Gasteiger partial charge on any atom is -0.489 e. The van der Waals surface area contributed by atoms with Crippen LogP contribution in [0.25, 0.3) is 0 Å². The number of alkyl halides is 3. The molecule has 0 aromatic heterocycles. The topological polar surface area (TPSA) is 75.7 Å². The summed E-state index contributed by atoms with van der Waals surface area (Å²) >= 11 is 5.89. The molecule has 29 heavy (non-hydrogen) atoms. The van der Waals surface area contributed by atoms with Crippen molar-refractivity contribution in [1.29, 1.82) is 0 Å². The Balaban J connectivity index is 2.02. The molecule has 0 atom stereocenters. The van der Waals surface area contributed by atoms with E-state index < -0.39 is 27.5 Å². The van der Waals surface area contributed by atoms with E-state index in [4.69, 9.17) is 16.3 Å². The predicted octanol–water partition coefficient (Wildman–Crippen LogP) is 4.21. The highest BCUT2D eigenvalue weighted by atomic mass is 35.5. The number of nitrogens with zero attached hydrogens (tertiary/aromatic N) is 1. The third-order valence-corrected chi connectivity index (χ3v) is 6.16. The summed E-state index contributed by atoms with van der Waals surface area (Å²) in [7, 11) is -4.29. The molecule has 0 bridgehead atoms. The van der Waals surface area contributed by atoms with Gasteiger partial charge in [-0.15, -0.1) is 0 Å². The fraction of sp³-hybridized carbons (Fsp3) is 0.278. The Morgan fingerprint density at radius 2 is 1.93 bits per heavy atom. The first kappa shape index (κ1) is 21.3. The second-order valence-electron chi connectivity index (χ2n) is 6.40. The monoisotopic (exact) mass is 448 g/mol. The highest BCUT2D eigenvalue weighted by molar-refractivity contribution is 7.92. The Bertz CT molecular complexity index is 1090. The molecule has 156 valence electrons. The summed E-state index contributed by atoms with van der Waals surface area (Å²) in [5.41, 5.74) is -0.722. The molecule has 1 heterocycles. The molecule has 0 unspecified atom stereocenters. The van der Waals surface area contributed by atoms with E-state index in [1.165, 1.54) is 30.9 Å². The first-order valence-corrected chi connectivity index (χ1v) is 10.2. The van der Waals surface area contributed by atoms with E-state index in [1.54, 1.807) is 0 Å². The summed E-state index contributed by atoms with van der Waals surface area (Å²) in [5, 5.41) is -0.184. The summed E-state index contributed by atoms with van der Waals surface area (Å²) in [4.78, 5) is 13.0. The van der Waals surface area contributed by atoms with Crippen molar-refractivity contribution in [2.75, 3.05) is 22.8 Å². The Morgan fingerprint density at radius 1 is 1.24 bits per heavy atom. The maximum absolute atomic E-state index is 12.9. The molecule has 0 saturated carbocycles. The standard InChI is InChI=1S/C18H16ClF3N2O4S/c1-10-7-15-16(28-6-5-24(15)11(2)25)9-17(10)29(26,27)23-14-8-12(18(20,21)22)3-4-13(14)19/h3-4,7-9,23H,5-6H2,1-2H3. The number of benzene rings is 2. The molecule has 11 heteroatoms. The summed E-state index contributed by atoms with van der Waals surface area (Å²) in [6, 6.07) is 5.08. The molecule has 2 aromatic rings. The van der Waals surface area contributed by atoms with Crippen LogP contribution in [0.2, 0.25) is 5.02 Å². The number of anilines is 2. The van der Waals surface area contributed by atoms with Gasteiger partial charge in [0, 0.05) is 13.0 Å². The lowest BCUT2D eigenvalue weighted by Gasteiger charge is -2.29. The van der Waals surface area contributed by atoms with Crippen LogP contribution >= 0.6 is 11.6 Å². The molecule has 1 aliphatic heterocycles. The summed E-state index contributed by atoms with van der Waals surface area (Å²) in [6.45, 7) is 3.40. The van der Waals surface area contributed by atoms with Crippen LogP contribution in [0.5, 0.6) is 5.75 Å². The van der Waals surface area contributed by atoms with Gasteiger partial charge in [0.2, 0.25) is 5.91 Å². The fourth-order valence-corrected chi connectivity index (χ4v) is 4.48. The number of carbonyl (C=O) groups is 1. The molecule has 3 rings (SSSR count). The molecule has 0 aliphatic carbocycles. The highest BCUT2D eigenvalue weighted by Gasteiger charge is 2.32. The third kappa shape index (κ3) is 4.27. The zero-order chi connectivity index (χ0) is 21.6. The zero-order valence-electron chi connectivity index (χ0n) is 15.3. The minimum atomic E-state index is -4.66. The summed E-state index contributed by atoms with van der Waals surface area (Å²) in [6.07, 6.45) is -4.66. The van der Waals surface area contributed by atoms with Gasteiger partial charge in [0.15, 0.2) is 0 Å². The molecule has 0 fully saturated rings. The van der Waals surface area contributed by atoms with E-state index in [0.29, 0.717) is 18.3 Å².